The molecule has 1 aliphatic rings. The molecule has 0 bridgehead atoms. The van der Waals surface area contributed by atoms with Gasteiger partial charge in [0.05, 0.1) is 4.91 Å². The Morgan fingerprint density at radius 2 is 2.12 bits per heavy atom. The van der Waals surface area contributed by atoms with E-state index < -0.39 is 12.0 Å². The van der Waals surface area contributed by atoms with Gasteiger partial charge in [0.1, 0.15) is 22.7 Å². The van der Waals surface area contributed by atoms with Gasteiger partial charge in [-0.05, 0) is 30.2 Å². The highest BCUT2D eigenvalue weighted by Crippen LogP contribution is 2.35. The summed E-state index contributed by atoms with van der Waals surface area (Å²) >= 11 is 6.35. The summed E-state index contributed by atoms with van der Waals surface area (Å²) in [4.78, 5) is 25.7. The molecule has 0 spiro atoms. The molecule has 0 aromatic heterocycles. The van der Waals surface area contributed by atoms with Crippen LogP contribution in [0, 0.1) is 0 Å². The summed E-state index contributed by atoms with van der Waals surface area (Å²) in [6.07, 6.45) is 4.39. The normalized spacial score (nSPS) is 17.0. The lowest BCUT2D eigenvalue weighted by Crippen LogP contribution is -2.43. The van der Waals surface area contributed by atoms with E-state index in [2.05, 4.69) is 6.58 Å². The predicted octanol–water partition coefficient (Wildman–Crippen LogP) is 3.71. The van der Waals surface area contributed by atoms with E-state index in [1.165, 1.54) is 4.90 Å². The first-order valence-electron chi connectivity index (χ1n) is 7.81. The highest BCUT2D eigenvalue weighted by molar-refractivity contribution is 8.26. The second-order valence-corrected chi connectivity index (χ2v) is 7.04. The number of benzene rings is 1. The maximum atomic E-state index is 12.6. The van der Waals surface area contributed by atoms with Gasteiger partial charge in [-0.25, -0.2) is 4.79 Å². The number of rotatable bonds is 8. The van der Waals surface area contributed by atoms with Crippen LogP contribution in [0.2, 0.25) is 0 Å². The van der Waals surface area contributed by atoms with Gasteiger partial charge in [-0.1, -0.05) is 62.1 Å². The number of thioether (sulfide) groups is 1. The first-order chi connectivity index (χ1) is 12.0. The van der Waals surface area contributed by atoms with Crippen molar-refractivity contribution in [3.63, 3.8) is 0 Å². The van der Waals surface area contributed by atoms with Gasteiger partial charge < -0.3 is 9.84 Å². The number of nitrogens with zero attached hydrogens (tertiary/aromatic N) is 1. The molecule has 0 radical (unpaired) electrons. The summed E-state index contributed by atoms with van der Waals surface area (Å²) in [5.74, 6) is -0.690. The molecule has 1 aromatic rings. The Kier molecular flexibility index (Phi) is 6.78. The second kappa shape index (κ2) is 8.82. The minimum Gasteiger partial charge on any atom is -0.490 e. The number of hydrogen-bond acceptors (Lipinski definition) is 5. The van der Waals surface area contributed by atoms with Gasteiger partial charge in [-0.3, -0.25) is 9.69 Å². The number of ether oxygens (including phenoxy) is 1. The van der Waals surface area contributed by atoms with Crippen LogP contribution in [0.5, 0.6) is 5.75 Å². The predicted molar refractivity (Wildman–Crippen MR) is 103 cm³/mol. The highest BCUT2D eigenvalue weighted by Gasteiger charge is 2.39. The molecule has 132 valence electrons. The molecular weight excluding hydrogens is 358 g/mol. The largest absolute Gasteiger partial charge is 0.490 e. The SMILES string of the molecule is C=CCOc1ccc(/C=C2\SC(=S)N([C@H](CCC)C(=O)O)C2=O)cc1. The van der Waals surface area contributed by atoms with E-state index in [4.69, 9.17) is 17.0 Å². The number of thiocarbonyl (C=S) groups is 1. The number of carboxylic acid groups (broad SMARTS) is 1. The van der Waals surface area contributed by atoms with Crippen LogP contribution in [-0.2, 0) is 9.59 Å². The molecule has 1 amide bonds. The van der Waals surface area contributed by atoms with E-state index in [1.807, 2.05) is 19.1 Å². The highest BCUT2D eigenvalue weighted by atomic mass is 32.2. The summed E-state index contributed by atoms with van der Waals surface area (Å²) in [6.45, 7) is 5.89. The topological polar surface area (TPSA) is 66.8 Å². The maximum absolute atomic E-state index is 12.6. The first-order valence-corrected chi connectivity index (χ1v) is 9.04. The number of amides is 1. The first kappa shape index (κ1) is 19.2. The third-order valence-corrected chi connectivity index (χ3v) is 4.86. The van der Waals surface area contributed by atoms with Crippen molar-refractivity contribution in [3.05, 3.63) is 47.4 Å². The molecule has 0 aliphatic carbocycles. The second-order valence-electron chi connectivity index (χ2n) is 5.36. The summed E-state index contributed by atoms with van der Waals surface area (Å²) in [5.41, 5.74) is 0.814. The van der Waals surface area contributed by atoms with Crippen molar-refractivity contribution in [2.45, 2.75) is 25.8 Å². The van der Waals surface area contributed by atoms with Crippen molar-refractivity contribution < 1.29 is 19.4 Å². The van der Waals surface area contributed by atoms with Crippen molar-refractivity contribution in [1.82, 2.24) is 4.90 Å². The molecule has 25 heavy (non-hydrogen) atoms. The minimum absolute atomic E-state index is 0.281. The Morgan fingerprint density at radius 3 is 2.68 bits per heavy atom. The Bertz CT molecular complexity index is 712. The minimum atomic E-state index is -1.04. The molecule has 1 saturated heterocycles. The monoisotopic (exact) mass is 377 g/mol. The quantitative estimate of drug-likeness (QED) is 0.423. The van der Waals surface area contributed by atoms with E-state index in [-0.39, 0.29) is 10.2 Å². The van der Waals surface area contributed by atoms with E-state index in [0.29, 0.717) is 30.1 Å². The van der Waals surface area contributed by atoms with E-state index >= 15 is 0 Å². The van der Waals surface area contributed by atoms with Crippen LogP contribution >= 0.6 is 24.0 Å². The third-order valence-electron chi connectivity index (χ3n) is 3.53. The molecule has 1 atom stereocenters. The summed E-state index contributed by atoms with van der Waals surface area (Å²) in [5, 5.41) is 9.37. The van der Waals surface area contributed by atoms with Gasteiger partial charge in [-0.15, -0.1) is 0 Å². The van der Waals surface area contributed by atoms with Crippen molar-refractivity contribution >= 4 is 46.3 Å². The van der Waals surface area contributed by atoms with Crippen LogP contribution in [0.3, 0.4) is 0 Å². The van der Waals surface area contributed by atoms with Crippen molar-refractivity contribution in [2.75, 3.05) is 6.61 Å². The van der Waals surface area contributed by atoms with Crippen molar-refractivity contribution in [3.8, 4) is 5.75 Å². The third kappa shape index (κ3) is 4.70. The summed E-state index contributed by atoms with van der Waals surface area (Å²) < 4.78 is 5.70. The van der Waals surface area contributed by atoms with Gasteiger partial charge in [0, 0.05) is 0 Å². The Morgan fingerprint density at radius 1 is 1.44 bits per heavy atom. The van der Waals surface area contributed by atoms with Crippen LogP contribution in [0.25, 0.3) is 6.08 Å². The molecule has 1 N–H and O–H groups in total. The van der Waals surface area contributed by atoms with Gasteiger partial charge in [0.15, 0.2) is 0 Å². The van der Waals surface area contributed by atoms with Crippen LogP contribution in [0.1, 0.15) is 25.3 Å². The lowest BCUT2D eigenvalue weighted by atomic mass is 10.1. The number of carboxylic acids is 1. The fourth-order valence-electron chi connectivity index (χ4n) is 2.35. The average molecular weight is 377 g/mol. The fraction of sp³-hybridized carbons (Fsp3) is 0.278. The Labute approximate surface area is 156 Å². The van der Waals surface area contributed by atoms with Gasteiger partial charge in [0.2, 0.25) is 0 Å². The van der Waals surface area contributed by atoms with Crippen LogP contribution in [0.4, 0.5) is 0 Å². The van der Waals surface area contributed by atoms with Gasteiger partial charge in [0.25, 0.3) is 5.91 Å². The van der Waals surface area contributed by atoms with Gasteiger partial charge in [-0.2, -0.15) is 0 Å². The van der Waals surface area contributed by atoms with Crippen molar-refractivity contribution in [1.29, 1.82) is 0 Å². The summed E-state index contributed by atoms with van der Waals surface area (Å²) in [7, 11) is 0. The van der Waals surface area contributed by atoms with Crippen LogP contribution < -0.4 is 4.74 Å². The van der Waals surface area contributed by atoms with E-state index in [1.54, 1.807) is 24.3 Å². The lowest BCUT2D eigenvalue weighted by Gasteiger charge is -2.22. The molecule has 5 nitrogen and oxygen atoms in total. The molecule has 1 fully saturated rings. The molecule has 1 aromatic carbocycles. The number of aliphatic carboxylic acids is 1. The van der Waals surface area contributed by atoms with E-state index in [9.17, 15) is 14.7 Å². The van der Waals surface area contributed by atoms with Crippen LogP contribution in [0.15, 0.2) is 41.8 Å². The van der Waals surface area contributed by atoms with Crippen LogP contribution in [-0.4, -0.2) is 38.9 Å². The lowest BCUT2D eigenvalue weighted by molar-refractivity contribution is -0.145. The van der Waals surface area contributed by atoms with Crippen molar-refractivity contribution in [2.24, 2.45) is 0 Å². The summed E-state index contributed by atoms with van der Waals surface area (Å²) in [6, 6.07) is 6.33. The molecule has 1 aliphatic heterocycles. The molecule has 0 saturated carbocycles. The van der Waals surface area contributed by atoms with Gasteiger partial charge >= 0.3 is 5.97 Å². The molecule has 1 heterocycles. The Balaban J connectivity index is 2.19. The molecule has 2 rings (SSSR count). The number of carbonyl (C=O) groups excluding carboxylic acids is 1. The molecule has 7 heteroatoms. The maximum Gasteiger partial charge on any atom is 0.326 e. The standard InChI is InChI=1S/C18H19NO4S2/c1-3-5-14(17(21)22)19-16(20)15(25-18(19)24)11-12-6-8-13(9-7-12)23-10-4-2/h4,6-9,11,14H,2-3,5,10H2,1H3,(H,21,22)/b15-11-/t14-/m1/s1. The fourth-order valence-corrected chi connectivity index (χ4v) is 3.71. The zero-order chi connectivity index (χ0) is 18.4. The number of hydrogen-bond donors (Lipinski definition) is 1. The zero-order valence-electron chi connectivity index (χ0n) is 13.8. The average Bonchev–Trinajstić information content (AvgIpc) is 2.86. The Hall–Kier alpha value is -2.12. The molecule has 0 unspecified atom stereocenters. The number of carbonyl (C=O) groups is 2. The zero-order valence-corrected chi connectivity index (χ0v) is 15.4. The van der Waals surface area contributed by atoms with E-state index in [0.717, 1.165) is 17.3 Å². The molecular formula is C18H19NO4S2. The smallest absolute Gasteiger partial charge is 0.326 e.